The molecule has 4 nitrogen and oxygen atoms in total. The van der Waals surface area contributed by atoms with Gasteiger partial charge < -0.3 is 0 Å². The maximum atomic E-state index is 12.1. The van der Waals surface area contributed by atoms with Crippen LogP contribution >= 0.6 is 0 Å². The van der Waals surface area contributed by atoms with Crippen molar-refractivity contribution in [2.45, 2.75) is 25.0 Å². The fourth-order valence-corrected chi connectivity index (χ4v) is 4.80. The van der Waals surface area contributed by atoms with Crippen molar-refractivity contribution >= 4 is 17.7 Å². The Kier molecular flexibility index (Phi) is 5.04. The number of alkyl halides is 3. The Morgan fingerprint density at radius 1 is 1.13 bits per heavy atom. The summed E-state index contributed by atoms with van der Waals surface area (Å²) in [6, 6.07) is 0. The van der Waals surface area contributed by atoms with Crippen molar-refractivity contribution in [3.8, 4) is 0 Å². The largest absolute Gasteiger partial charge is 0.261 e. The molecule has 1 unspecified atom stereocenters. The molecule has 0 aromatic heterocycles. The van der Waals surface area contributed by atoms with E-state index in [0.29, 0.717) is 6.92 Å². The Hall–Kier alpha value is -0.310. The standard InChI is InChI=1S/C6H11F3O4S2/c1-5(6(8)9)15(12,13)14(10,11)4-2-3-7/h5-6H,2-4H2,1H3. The molecule has 0 aromatic rings. The highest BCUT2D eigenvalue weighted by molar-refractivity contribution is 8.67. The first kappa shape index (κ1) is 14.7. The molecular formula is C6H11F3O4S2. The molecule has 0 rings (SSSR count). The third-order valence-corrected chi connectivity index (χ3v) is 7.84. The molecule has 0 amide bonds. The molecule has 0 aliphatic rings. The van der Waals surface area contributed by atoms with E-state index in [0.717, 1.165) is 0 Å². The zero-order chi connectivity index (χ0) is 12.3. The average Bonchev–Trinajstić information content (AvgIpc) is 2.13. The molecule has 0 saturated carbocycles. The van der Waals surface area contributed by atoms with E-state index in [1.165, 1.54) is 0 Å². The van der Waals surface area contributed by atoms with E-state index in [-0.39, 0.29) is 0 Å². The van der Waals surface area contributed by atoms with Crippen LogP contribution < -0.4 is 0 Å². The summed E-state index contributed by atoms with van der Waals surface area (Å²) in [5.41, 5.74) is 0. The highest BCUT2D eigenvalue weighted by atomic mass is 33.2. The summed E-state index contributed by atoms with van der Waals surface area (Å²) >= 11 is 0. The van der Waals surface area contributed by atoms with Gasteiger partial charge in [0.1, 0.15) is 5.25 Å². The van der Waals surface area contributed by atoms with Gasteiger partial charge in [-0.15, -0.1) is 0 Å². The van der Waals surface area contributed by atoms with Crippen molar-refractivity contribution in [3.05, 3.63) is 0 Å². The maximum Gasteiger partial charge on any atom is 0.261 e. The van der Waals surface area contributed by atoms with Gasteiger partial charge in [0.2, 0.25) is 0 Å². The molecule has 0 N–H and O–H groups in total. The second-order valence-electron chi connectivity index (χ2n) is 2.84. The van der Waals surface area contributed by atoms with Crippen LogP contribution in [-0.4, -0.2) is 40.9 Å². The van der Waals surface area contributed by atoms with Crippen molar-refractivity contribution < 1.29 is 30.0 Å². The summed E-state index contributed by atoms with van der Waals surface area (Å²) in [5, 5.41) is -2.29. The van der Waals surface area contributed by atoms with Gasteiger partial charge in [0.15, 0.2) is 0 Å². The van der Waals surface area contributed by atoms with Crippen LogP contribution in [0.25, 0.3) is 0 Å². The predicted octanol–water partition coefficient (Wildman–Crippen LogP) is 0.744. The molecule has 0 fully saturated rings. The Labute approximate surface area is 85.7 Å². The lowest BCUT2D eigenvalue weighted by Crippen LogP contribution is -2.33. The Morgan fingerprint density at radius 3 is 1.93 bits per heavy atom. The second kappa shape index (κ2) is 5.15. The van der Waals surface area contributed by atoms with Crippen molar-refractivity contribution in [3.63, 3.8) is 0 Å². The number of hydrogen-bond donors (Lipinski definition) is 0. The van der Waals surface area contributed by atoms with E-state index >= 15 is 0 Å². The second-order valence-corrected chi connectivity index (χ2v) is 9.01. The SMILES string of the molecule is CC(C(F)F)S(=O)(=O)S(=O)(=O)CCCF. The molecular weight excluding hydrogens is 257 g/mol. The van der Waals surface area contributed by atoms with E-state index in [4.69, 9.17) is 0 Å². The van der Waals surface area contributed by atoms with E-state index in [1.54, 1.807) is 0 Å². The van der Waals surface area contributed by atoms with Gasteiger partial charge in [-0.05, 0) is 13.3 Å². The Bertz CT molecular complexity index is 387. The van der Waals surface area contributed by atoms with E-state index < -0.39 is 48.3 Å². The lowest BCUT2D eigenvalue weighted by molar-refractivity contribution is 0.147. The van der Waals surface area contributed by atoms with E-state index in [2.05, 4.69) is 0 Å². The molecule has 9 heteroatoms. The summed E-state index contributed by atoms with van der Waals surface area (Å²) < 4.78 is 80.1. The molecule has 92 valence electrons. The molecule has 0 radical (unpaired) electrons. The van der Waals surface area contributed by atoms with Crippen LogP contribution in [-0.2, 0) is 17.7 Å². The van der Waals surface area contributed by atoms with Crippen LogP contribution in [0.15, 0.2) is 0 Å². The highest BCUT2D eigenvalue weighted by Crippen LogP contribution is 2.18. The summed E-state index contributed by atoms with van der Waals surface area (Å²) in [6.07, 6.45) is -3.80. The molecule has 0 aliphatic heterocycles. The Morgan fingerprint density at radius 2 is 1.60 bits per heavy atom. The fraction of sp³-hybridized carbons (Fsp3) is 1.00. The predicted molar refractivity (Wildman–Crippen MR) is 48.8 cm³/mol. The molecule has 0 aromatic carbocycles. The van der Waals surface area contributed by atoms with Crippen molar-refractivity contribution in [1.82, 2.24) is 0 Å². The monoisotopic (exact) mass is 268 g/mol. The third-order valence-electron chi connectivity index (χ3n) is 1.69. The van der Waals surface area contributed by atoms with Crippen molar-refractivity contribution in [2.24, 2.45) is 0 Å². The lowest BCUT2D eigenvalue weighted by Gasteiger charge is -2.11. The zero-order valence-corrected chi connectivity index (χ0v) is 9.49. The molecule has 0 aliphatic carbocycles. The van der Waals surface area contributed by atoms with E-state index in [9.17, 15) is 30.0 Å². The van der Waals surface area contributed by atoms with Gasteiger partial charge in [0, 0.05) is 0 Å². The van der Waals surface area contributed by atoms with Crippen LogP contribution in [0, 0.1) is 0 Å². The van der Waals surface area contributed by atoms with Crippen LogP contribution in [0.1, 0.15) is 13.3 Å². The Balaban J connectivity index is 5.04. The van der Waals surface area contributed by atoms with Gasteiger partial charge in [-0.3, -0.25) is 4.39 Å². The third kappa shape index (κ3) is 3.33. The average molecular weight is 268 g/mol. The van der Waals surface area contributed by atoms with Crippen LogP contribution in [0.3, 0.4) is 0 Å². The number of halogens is 3. The minimum atomic E-state index is -4.95. The summed E-state index contributed by atoms with van der Waals surface area (Å²) in [4.78, 5) is 0. The molecule has 0 spiro atoms. The topological polar surface area (TPSA) is 68.3 Å². The van der Waals surface area contributed by atoms with Crippen LogP contribution in [0.5, 0.6) is 0 Å². The molecule has 1 atom stereocenters. The molecule has 0 heterocycles. The highest BCUT2D eigenvalue weighted by Gasteiger charge is 2.39. The number of rotatable bonds is 6. The smallest absolute Gasteiger partial charge is 0.251 e. The minimum Gasteiger partial charge on any atom is -0.251 e. The van der Waals surface area contributed by atoms with Gasteiger partial charge in [-0.1, -0.05) is 0 Å². The molecule has 0 bridgehead atoms. The van der Waals surface area contributed by atoms with Gasteiger partial charge in [0.25, 0.3) is 24.2 Å². The van der Waals surface area contributed by atoms with Crippen LogP contribution in [0.2, 0.25) is 0 Å². The zero-order valence-electron chi connectivity index (χ0n) is 7.86. The summed E-state index contributed by atoms with van der Waals surface area (Å²) in [5.74, 6) is -0.969. The first-order chi connectivity index (χ1) is 6.66. The normalized spacial score (nSPS) is 15.5. The quantitative estimate of drug-likeness (QED) is 0.666. The first-order valence-electron chi connectivity index (χ1n) is 3.97. The maximum absolute atomic E-state index is 12.1. The van der Waals surface area contributed by atoms with Gasteiger partial charge in [0.05, 0.1) is 12.4 Å². The number of hydrogen-bond acceptors (Lipinski definition) is 4. The minimum absolute atomic E-state index is 0.516. The molecule has 0 saturated heterocycles. The van der Waals surface area contributed by atoms with Gasteiger partial charge >= 0.3 is 0 Å². The fourth-order valence-electron chi connectivity index (χ4n) is 0.705. The lowest BCUT2D eigenvalue weighted by atomic mass is 10.5. The van der Waals surface area contributed by atoms with E-state index in [1.807, 2.05) is 0 Å². The summed E-state index contributed by atoms with van der Waals surface area (Å²) in [7, 11) is -9.67. The van der Waals surface area contributed by atoms with Gasteiger partial charge in [-0.2, -0.15) is 0 Å². The summed E-state index contributed by atoms with van der Waals surface area (Å²) in [6.45, 7) is -0.412. The van der Waals surface area contributed by atoms with Crippen molar-refractivity contribution in [2.75, 3.05) is 12.4 Å². The van der Waals surface area contributed by atoms with Gasteiger partial charge in [-0.25, -0.2) is 25.6 Å². The molecule has 15 heavy (non-hydrogen) atoms. The van der Waals surface area contributed by atoms with Crippen molar-refractivity contribution in [1.29, 1.82) is 0 Å². The first-order valence-corrected chi connectivity index (χ1v) is 7.69. The van der Waals surface area contributed by atoms with Crippen LogP contribution in [0.4, 0.5) is 13.2 Å².